The van der Waals surface area contributed by atoms with Gasteiger partial charge in [0.1, 0.15) is 11.6 Å². The fourth-order valence-electron chi connectivity index (χ4n) is 2.59. The van der Waals surface area contributed by atoms with Crippen LogP contribution in [0.2, 0.25) is 0 Å². The molecule has 24 heavy (non-hydrogen) atoms. The summed E-state index contributed by atoms with van der Waals surface area (Å²) in [5, 5.41) is 0. The molecule has 2 aromatic carbocycles. The van der Waals surface area contributed by atoms with E-state index in [1.54, 1.807) is 13.4 Å². The first kappa shape index (κ1) is 16.1. The van der Waals surface area contributed by atoms with Crippen LogP contribution in [0.1, 0.15) is 12.0 Å². The van der Waals surface area contributed by atoms with E-state index in [-0.39, 0.29) is 18.9 Å². The quantitative estimate of drug-likeness (QED) is 0.720. The first-order valence-corrected chi connectivity index (χ1v) is 7.62. The van der Waals surface area contributed by atoms with Gasteiger partial charge < -0.3 is 9.47 Å². The second kappa shape index (κ2) is 6.78. The van der Waals surface area contributed by atoms with E-state index in [0.29, 0.717) is 12.1 Å². The van der Waals surface area contributed by atoms with E-state index in [1.807, 2.05) is 28.8 Å². The first-order chi connectivity index (χ1) is 11.5. The molecule has 0 unspecified atom stereocenters. The molecular formula is C18H17F2N3O. The third-order valence-electron chi connectivity index (χ3n) is 3.94. The van der Waals surface area contributed by atoms with Gasteiger partial charge in [0.15, 0.2) is 0 Å². The van der Waals surface area contributed by atoms with Crippen LogP contribution in [0.3, 0.4) is 0 Å². The van der Waals surface area contributed by atoms with E-state index >= 15 is 0 Å². The lowest BCUT2D eigenvalue weighted by molar-refractivity contribution is -0.130. The summed E-state index contributed by atoms with van der Waals surface area (Å²) in [6.07, 6.45) is 1.98. The molecule has 0 atom stereocenters. The SMILES string of the molecule is CN(Cc1ccc(F)cc1F)C(=O)CCn1cnc2ccccc21. The minimum Gasteiger partial charge on any atom is -0.341 e. The maximum Gasteiger partial charge on any atom is 0.224 e. The molecule has 0 radical (unpaired) electrons. The summed E-state index contributed by atoms with van der Waals surface area (Å²) < 4.78 is 28.5. The zero-order valence-corrected chi connectivity index (χ0v) is 13.2. The lowest BCUT2D eigenvalue weighted by Crippen LogP contribution is -2.27. The van der Waals surface area contributed by atoms with Crippen LogP contribution in [0.25, 0.3) is 11.0 Å². The summed E-state index contributed by atoms with van der Waals surface area (Å²) in [6.45, 7) is 0.602. The molecule has 0 N–H and O–H groups in total. The number of aromatic nitrogens is 2. The molecule has 1 amide bonds. The van der Waals surface area contributed by atoms with Crippen LogP contribution in [0.15, 0.2) is 48.8 Å². The highest BCUT2D eigenvalue weighted by atomic mass is 19.1. The summed E-state index contributed by atoms with van der Waals surface area (Å²) in [4.78, 5) is 18.0. The predicted molar refractivity (Wildman–Crippen MR) is 87.2 cm³/mol. The number of carbonyl (C=O) groups excluding carboxylic acids is 1. The van der Waals surface area contributed by atoms with Crippen LogP contribution in [0, 0.1) is 11.6 Å². The molecular weight excluding hydrogens is 312 g/mol. The van der Waals surface area contributed by atoms with Gasteiger partial charge in [-0.3, -0.25) is 4.79 Å². The van der Waals surface area contributed by atoms with Gasteiger partial charge in [-0.2, -0.15) is 0 Å². The summed E-state index contributed by atoms with van der Waals surface area (Å²) in [7, 11) is 1.61. The summed E-state index contributed by atoms with van der Waals surface area (Å²) >= 11 is 0. The number of carbonyl (C=O) groups is 1. The van der Waals surface area contributed by atoms with Gasteiger partial charge in [-0.15, -0.1) is 0 Å². The van der Waals surface area contributed by atoms with Gasteiger partial charge in [-0.1, -0.05) is 18.2 Å². The Morgan fingerprint density at radius 2 is 2.00 bits per heavy atom. The molecule has 4 nitrogen and oxygen atoms in total. The summed E-state index contributed by atoms with van der Waals surface area (Å²) in [6, 6.07) is 11.1. The molecule has 0 saturated carbocycles. The van der Waals surface area contributed by atoms with Crippen LogP contribution in [0.5, 0.6) is 0 Å². The van der Waals surface area contributed by atoms with E-state index in [2.05, 4.69) is 4.98 Å². The molecule has 1 aromatic heterocycles. The molecule has 0 fully saturated rings. The number of nitrogens with zero attached hydrogens (tertiary/aromatic N) is 3. The molecule has 1 heterocycles. The van der Waals surface area contributed by atoms with Crippen LogP contribution >= 0.6 is 0 Å². The monoisotopic (exact) mass is 329 g/mol. The minimum absolute atomic E-state index is 0.107. The topological polar surface area (TPSA) is 38.1 Å². The van der Waals surface area contributed by atoms with Gasteiger partial charge in [-0.25, -0.2) is 13.8 Å². The molecule has 0 bridgehead atoms. The average Bonchev–Trinajstić information content (AvgIpc) is 2.98. The third-order valence-corrected chi connectivity index (χ3v) is 3.94. The number of para-hydroxylation sites is 2. The Kier molecular flexibility index (Phi) is 4.55. The average molecular weight is 329 g/mol. The number of aryl methyl sites for hydroxylation is 1. The van der Waals surface area contributed by atoms with Crippen LogP contribution in [0.4, 0.5) is 8.78 Å². The maximum absolute atomic E-state index is 13.7. The van der Waals surface area contributed by atoms with Crippen molar-refractivity contribution in [3.63, 3.8) is 0 Å². The predicted octanol–water partition coefficient (Wildman–Crippen LogP) is 3.36. The van der Waals surface area contributed by atoms with Crippen molar-refractivity contribution in [1.82, 2.24) is 14.5 Å². The molecule has 6 heteroatoms. The number of benzene rings is 2. The highest BCUT2D eigenvalue weighted by molar-refractivity contribution is 5.77. The number of rotatable bonds is 5. The summed E-state index contributed by atoms with van der Waals surface area (Å²) in [5.41, 5.74) is 2.14. The van der Waals surface area contributed by atoms with Crippen molar-refractivity contribution < 1.29 is 13.6 Å². The molecule has 0 spiro atoms. The largest absolute Gasteiger partial charge is 0.341 e. The van der Waals surface area contributed by atoms with Crippen molar-refractivity contribution in [3.8, 4) is 0 Å². The third kappa shape index (κ3) is 3.42. The number of halogens is 2. The Morgan fingerprint density at radius 3 is 2.79 bits per heavy atom. The maximum atomic E-state index is 13.7. The van der Waals surface area contributed by atoms with Gasteiger partial charge in [-0.05, 0) is 18.2 Å². The second-order valence-electron chi connectivity index (χ2n) is 5.66. The fourth-order valence-corrected chi connectivity index (χ4v) is 2.59. The smallest absolute Gasteiger partial charge is 0.224 e. The number of amides is 1. The van der Waals surface area contributed by atoms with Crippen LogP contribution < -0.4 is 0 Å². The van der Waals surface area contributed by atoms with Gasteiger partial charge >= 0.3 is 0 Å². The Labute approximate surface area is 138 Å². The number of imidazole rings is 1. The van der Waals surface area contributed by atoms with Crippen molar-refractivity contribution in [2.24, 2.45) is 0 Å². The first-order valence-electron chi connectivity index (χ1n) is 7.62. The van der Waals surface area contributed by atoms with E-state index in [9.17, 15) is 13.6 Å². The van der Waals surface area contributed by atoms with Crippen molar-refractivity contribution >= 4 is 16.9 Å². The van der Waals surface area contributed by atoms with Crippen molar-refractivity contribution in [2.75, 3.05) is 7.05 Å². The van der Waals surface area contributed by atoms with Crippen molar-refractivity contribution in [1.29, 1.82) is 0 Å². The normalized spacial score (nSPS) is 11.0. The Hall–Kier alpha value is -2.76. The Morgan fingerprint density at radius 1 is 1.21 bits per heavy atom. The van der Waals surface area contributed by atoms with Gasteiger partial charge in [0, 0.05) is 38.2 Å². The molecule has 0 saturated heterocycles. The van der Waals surface area contributed by atoms with E-state index < -0.39 is 11.6 Å². The minimum atomic E-state index is -0.643. The van der Waals surface area contributed by atoms with Gasteiger partial charge in [0.2, 0.25) is 5.91 Å². The molecule has 0 aliphatic carbocycles. The number of fused-ring (bicyclic) bond motifs is 1. The zero-order valence-electron chi connectivity index (χ0n) is 13.2. The van der Waals surface area contributed by atoms with Gasteiger partial charge in [0.05, 0.1) is 17.4 Å². The highest BCUT2D eigenvalue weighted by Crippen LogP contribution is 2.14. The Balaban J connectivity index is 1.62. The van der Waals surface area contributed by atoms with Crippen LogP contribution in [-0.2, 0) is 17.9 Å². The zero-order chi connectivity index (χ0) is 17.1. The second-order valence-corrected chi connectivity index (χ2v) is 5.66. The van der Waals surface area contributed by atoms with E-state index in [0.717, 1.165) is 17.1 Å². The number of hydrogen-bond donors (Lipinski definition) is 0. The molecule has 124 valence electrons. The molecule has 3 rings (SSSR count). The summed E-state index contributed by atoms with van der Waals surface area (Å²) in [5.74, 6) is -1.39. The highest BCUT2D eigenvalue weighted by Gasteiger charge is 2.13. The van der Waals surface area contributed by atoms with Crippen molar-refractivity contribution in [2.45, 2.75) is 19.5 Å². The molecule has 0 aliphatic rings. The number of hydrogen-bond acceptors (Lipinski definition) is 2. The molecule has 3 aromatic rings. The van der Waals surface area contributed by atoms with Crippen LogP contribution in [-0.4, -0.2) is 27.4 Å². The van der Waals surface area contributed by atoms with E-state index in [4.69, 9.17) is 0 Å². The van der Waals surface area contributed by atoms with E-state index in [1.165, 1.54) is 17.0 Å². The van der Waals surface area contributed by atoms with Crippen molar-refractivity contribution in [3.05, 3.63) is 66.0 Å². The lowest BCUT2D eigenvalue weighted by atomic mass is 10.2. The van der Waals surface area contributed by atoms with Gasteiger partial charge in [0.25, 0.3) is 0 Å². The lowest BCUT2D eigenvalue weighted by Gasteiger charge is -2.18. The standard InChI is InChI=1S/C18H17F2N3O/c1-22(11-13-6-7-14(19)10-15(13)20)18(24)8-9-23-12-21-16-4-2-3-5-17(16)23/h2-7,10,12H,8-9,11H2,1H3. The molecule has 0 aliphatic heterocycles. The fraction of sp³-hybridized carbons (Fsp3) is 0.222. The Bertz CT molecular complexity index is 876.